The molecule has 10 nitrogen and oxygen atoms in total. The monoisotopic (exact) mass is 516 g/mol. The number of benzene rings is 1. The van der Waals surface area contributed by atoms with Crippen molar-refractivity contribution < 1.29 is 50.3 Å². The van der Waals surface area contributed by atoms with E-state index in [1.807, 2.05) is 6.07 Å². The first kappa shape index (κ1) is 28.2. The topological polar surface area (TPSA) is 180 Å². The van der Waals surface area contributed by atoms with Crippen molar-refractivity contribution in [2.45, 2.75) is 73.9 Å². The van der Waals surface area contributed by atoms with Gasteiger partial charge in [0.1, 0.15) is 48.8 Å². The maximum Gasteiger partial charge on any atom is 0.111 e. The highest BCUT2D eigenvalue weighted by Crippen LogP contribution is 2.26. The molecule has 0 aliphatic carbocycles. The minimum Gasteiger partial charge on any atom is -0.394 e. The van der Waals surface area contributed by atoms with Crippen LogP contribution in [0.2, 0.25) is 5.02 Å². The molecule has 0 aromatic heterocycles. The molecule has 1 aromatic rings. The Morgan fingerprint density at radius 1 is 0.657 bits per heavy atom. The number of hydrogen-bond donors (Lipinski definition) is 8. The Kier molecular flexibility index (Phi) is 10.2. The molecule has 10 atom stereocenters. The molecule has 0 radical (unpaired) electrons. The summed E-state index contributed by atoms with van der Waals surface area (Å²) in [7, 11) is 0. The molecule has 196 valence electrons. The van der Waals surface area contributed by atoms with Crippen LogP contribution in [0.4, 0.5) is 0 Å². The molecule has 1 aromatic carbocycles. The zero-order chi connectivity index (χ0) is 25.7. The maximum absolute atomic E-state index is 10.1. The second-order valence-electron chi connectivity index (χ2n) is 8.79. The van der Waals surface area contributed by atoms with E-state index in [1.165, 1.54) is 0 Å². The number of hydrogen-bond acceptors (Lipinski definition) is 10. The van der Waals surface area contributed by atoms with Crippen LogP contribution in [-0.4, -0.2) is 115 Å². The first-order chi connectivity index (χ1) is 16.7. The van der Waals surface area contributed by atoms with Crippen LogP contribution in [0.1, 0.15) is 24.0 Å². The minimum absolute atomic E-state index is 0.221. The second kappa shape index (κ2) is 12.7. The van der Waals surface area contributed by atoms with Crippen molar-refractivity contribution in [1.29, 1.82) is 0 Å². The molecule has 0 unspecified atom stereocenters. The molecule has 0 amide bonds. The highest BCUT2D eigenvalue weighted by atomic mass is 35.5. The van der Waals surface area contributed by atoms with Gasteiger partial charge in [0.25, 0.3) is 0 Å². The minimum atomic E-state index is -1.42. The average Bonchev–Trinajstić information content (AvgIpc) is 2.85. The molecule has 2 aliphatic rings. The SMILES string of the molecule is OC[C@H]1O[C@H](CC=Cc2ccc(C=CC[C@H]3O[C@H](CO)[C@@H](O)[C@H](O)[C@@H]3O)c(Cl)c2)[C@@H](O)[C@@H](O)[C@@H]1O. The summed E-state index contributed by atoms with van der Waals surface area (Å²) in [5, 5.41) is 78.7. The fourth-order valence-electron chi connectivity index (χ4n) is 4.20. The Bertz CT molecular complexity index is 876. The first-order valence-electron chi connectivity index (χ1n) is 11.4. The van der Waals surface area contributed by atoms with E-state index in [0.29, 0.717) is 10.6 Å². The number of ether oxygens (including phenoxy) is 2. The Hall–Kier alpha value is -1.41. The van der Waals surface area contributed by atoms with Crippen LogP contribution in [-0.2, 0) is 9.47 Å². The number of aliphatic hydroxyl groups is 8. The van der Waals surface area contributed by atoms with Gasteiger partial charge in [0.2, 0.25) is 0 Å². The van der Waals surface area contributed by atoms with Crippen molar-refractivity contribution in [2.75, 3.05) is 13.2 Å². The predicted molar refractivity (Wildman–Crippen MR) is 126 cm³/mol. The van der Waals surface area contributed by atoms with Gasteiger partial charge < -0.3 is 50.3 Å². The third-order valence-corrected chi connectivity index (χ3v) is 6.68. The molecule has 2 heterocycles. The van der Waals surface area contributed by atoms with Gasteiger partial charge in [-0.15, -0.1) is 0 Å². The summed E-state index contributed by atoms with van der Waals surface area (Å²) in [6.45, 7) is -0.964. The smallest absolute Gasteiger partial charge is 0.111 e. The molecule has 11 heteroatoms. The molecule has 2 saturated heterocycles. The van der Waals surface area contributed by atoms with Crippen LogP contribution in [0.5, 0.6) is 0 Å². The number of rotatable bonds is 8. The van der Waals surface area contributed by atoms with Crippen molar-refractivity contribution >= 4 is 23.8 Å². The molecule has 0 spiro atoms. The van der Waals surface area contributed by atoms with Crippen molar-refractivity contribution in [3.8, 4) is 0 Å². The van der Waals surface area contributed by atoms with Crippen LogP contribution in [0.15, 0.2) is 30.4 Å². The summed E-state index contributed by atoms with van der Waals surface area (Å²) in [6.07, 6.45) is -4.33. The van der Waals surface area contributed by atoms with E-state index in [-0.39, 0.29) is 12.8 Å². The Balaban J connectivity index is 1.57. The van der Waals surface area contributed by atoms with Crippen LogP contribution < -0.4 is 0 Å². The lowest BCUT2D eigenvalue weighted by molar-refractivity contribution is -0.227. The van der Waals surface area contributed by atoms with E-state index in [4.69, 9.17) is 21.1 Å². The van der Waals surface area contributed by atoms with Crippen molar-refractivity contribution in [1.82, 2.24) is 0 Å². The van der Waals surface area contributed by atoms with E-state index in [9.17, 15) is 40.9 Å². The van der Waals surface area contributed by atoms with Gasteiger partial charge in [0, 0.05) is 5.02 Å². The molecule has 2 aliphatic heterocycles. The number of aliphatic hydroxyl groups excluding tert-OH is 8. The van der Waals surface area contributed by atoms with Gasteiger partial charge in [-0.25, -0.2) is 0 Å². The quantitative estimate of drug-likeness (QED) is 0.210. The van der Waals surface area contributed by atoms with E-state index >= 15 is 0 Å². The summed E-state index contributed by atoms with van der Waals surface area (Å²) in [5.41, 5.74) is 1.47. The Labute approximate surface area is 207 Å². The zero-order valence-electron chi connectivity index (χ0n) is 18.9. The van der Waals surface area contributed by atoms with Crippen molar-refractivity contribution in [3.63, 3.8) is 0 Å². The second-order valence-corrected chi connectivity index (χ2v) is 9.20. The molecular weight excluding hydrogens is 484 g/mol. The normalized spacial score (nSPS) is 38.4. The van der Waals surface area contributed by atoms with E-state index < -0.39 is 74.3 Å². The molecule has 0 bridgehead atoms. The lowest BCUT2D eigenvalue weighted by Crippen LogP contribution is -2.58. The molecule has 8 N–H and O–H groups in total. The lowest BCUT2D eigenvalue weighted by atomic mass is 9.93. The summed E-state index contributed by atoms with van der Waals surface area (Å²) in [6, 6.07) is 5.31. The van der Waals surface area contributed by atoms with Crippen molar-refractivity contribution in [2.24, 2.45) is 0 Å². The molecular formula is C24H33ClO10. The van der Waals surface area contributed by atoms with Gasteiger partial charge in [0.15, 0.2) is 0 Å². The first-order valence-corrected chi connectivity index (χ1v) is 11.8. The van der Waals surface area contributed by atoms with Gasteiger partial charge in [0.05, 0.1) is 25.4 Å². The fraction of sp³-hybridized carbons (Fsp3) is 0.583. The molecule has 0 saturated carbocycles. The van der Waals surface area contributed by atoms with Gasteiger partial charge in [-0.1, -0.05) is 48.0 Å². The van der Waals surface area contributed by atoms with Crippen LogP contribution in [0, 0.1) is 0 Å². The van der Waals surface area contributed by atoms with Crippen LogP contribution >= 0.6 is 11.6 Å². The highest BCUT2D eigenvalue weighted by molar-refractivity contribution is 6.32. The summed E-state index contributed by atoms with van der Waals surface area (Å²) in [4.78, 5) is 0. The number of halogens is 1. The van der Waals surface area contributed by atoms with Gasteiger partial charge >= 0.3 is 0 Å². The average molecular weight is 517 g/mol. The summed E-state index contributed by atoms with van der Waals surface area (Å²) >= 11 is 6.37. The Morgan fingerprint density at radius 3 is 1.57 bits per heavy atom. The zero-order valence-corrected chi connectivity index (χ0v) is 19.7. The standard InChI is InChI=1S/C24H33ClO10/c25-14-9-12(3-1-5-15-19(28)23(32)21(30)17(10-26)34-15)7-8-13(14)4-2-6-16-20(29)24(33)22(31)18(11-27)35-16/h1-4,7-9,15-24,26-33H,5-6,10-11H2/t15-,16-,17-,18-,19-,20-,21-,22-,23-,24-/m1/s1. The van der Waals surface area contributed by atoms with Gasteiger partial charge in [-0.3, -0.25) is 0 Å². The third-order valence-electron chi connectivity index (χ3n) is 6.35. The molecule has 2 fully saturated rings. The fourth-order valence-corrected chi connectivity index (χ4v) is 4.45. The van der Waals surface area contributed by atoms with E-state index in [2.05, 4.69) is 0 Å². The van der Waals surface area contributed by atoms with E-state index in [1.54, 1.807) is 36.4 Å². The Morgan fingerprint density at radius 2 is 1.11 bits per heavy atom. The summed E-state index contributed by atoms with van der Waals surface area (Å²) in [5.74, 6) is 0. The van der Waals surface area contributed by atoms with Crippen LogP contribution in [0.3, 0.4) is 0 Å². The van der Waals surface area contributed by atoms with Gasteiger partial charge in [-0.05, 0) is 30.0 Å². The largest absolute Gasteiger partial charge is 0.394 e. The predicted octanol–water partition coefficient (Wildman–Crippen LogP) is -1.17. The van der Waals surface area contributed by atoms with Gasteiger partial charge in [-0.2, -0.15) is 0 Å². The molecule has 3 rings (SSSR count). The lowest BCUT2D eigenvalue weighted by Gasteiger charge is -2.39. The maximum atomic E-state index is 10.1. The third kappa shape index (κ3) is 6.68. The summed E-state index contributed by atoms with van der Waals surface area (Å²) < 4.78 is 10.9. The molecule has 35 heavy (non-hydrogen) atoms. The highest BCUT2D eigenvalue weighted by Gasteiger charge is 2.43. The van der Waals surface area contributed by atoms with Crippen LogP contribution in [0.25, 0.3) is 12.2 Å². The van der Waals surface area contributed by atoms with Crippen molar-refractivity contribution in [3.05, 3.63) is 46.5 Å². The van der Waals surface area contributed by atoms with E-state index in [0.717, 1.165) is 5.56 Å².